The molecule has 0 saturated carbocycles. The van der Waals surface area contributed by atoms with E-state index in [-0.39, 0.29) is 76.1 Å². The largest absolute Gasteiger partial charge is 1.00 e. The topological polar surface area (TPSA) is 89.9 Å². The number of carboxylic acid groups (broad SMARTS) is 1. The van der Waals surface area contributed by atoms with E-state index in [1.165, 1.54) is 6.08 Å². The van der Waals surface area contributed by atoms with Gasteiger partial charge in [0.25, 0.3) is 0 Å². The number of nitrogens with zero attached hydrogens (tertiary/aromatic N) is 1. The van der Waals surface area contributed by atoms with Crippen molar-refractivity contribution in [3.05, 3.63) is 11.8 Å². The molecule has 1 amide bonds. The molecule has 6 nitrogen and oxygen atoms in total. The number of rotatable bonds is 2. The Morgan fingerprint density at radius 1 is 1.73 bits per heavy atom. The first kappa shape index (κ1) is 13.1. The van der Waals surface area contributed by atoms with E-state index in [4.69, 9.17) is 9.84 Å². The molecule has 2 saturated heterocycles. The minimum atomic E-state index is -1.39. The predicted molar refractivity (Wildman–Crippen MR) is 40.3 cm³/mol. The summed E-state index contributed by atoms with van der Waals surface area (Å²) in [5, 5.41) is 19.3. The van der Waals surface area contributed by atoms with Crippen molar-refractivity contribution < 1.29 is 75.9 Å². The van der Waals surface area contributed by atoms with Crippen LogP contribution in [0.15, 0.2) is 11.8 Å². The fraction of sp³-hybridized carbons (Fsp3) is 0.500. The van der Waals surface area contributed by atoms with Crippen LogP contribution in [0.4, 0.5) is 0 Å². The third-order valence-electron chi connectivity index (χ3n) is 2.28. The Morgan fingerprint density at radius 2 is 2.40 bits per heavy atom. The standard InChI is InChI=1S/C8H9NO5.K/c10-2-1-4-7(8(12)13)9-5(11)3-6(9)14-4;/h1,6-7,10H,2-3H2,(H,12,13);/q;+1/p-1/b4-1+;/t6-,7-;/m1./s1. The number of hydrogen-bond acceptors (Lipinski definition) is 5. The molecule has 0 radical (unpaired) electrons. The van der Waals surface area contributed by atoms with Crippen molar-refractivity contribution in [1.29, 1.82) is 0 Å². The Balaban J connectivity index is 0.00000112. The van der Waals surface area contributed by atoms with Gasteiger partial charge in [0.1, 0.15) is 11.8 Å². The van der Waals surface area contributed by atoms with Gasteiger partial charge in [-0.3, -0.25) is 9.69 Å². The van der Waals surface area contributed by atoms with Gasteiger partial charge < -0.3 is 19.7 Å². The summed E-state index contributed by atoms with van der Waals surface area (Å²) in [5.74, 6) is -1.57. The van der Waals surface area contributed by atoms with E-state index < -0.39 is 18.2 Å². The average molecular weight is 237 g/mol. The molecule has 15 heavy (non-hydrogen) atoms. The Morgan fingerprint density at radius 3 is 2.87 bits per heavy atom. The van der Waals surface area contributed by atoms with E-state index in [0.29, 0.717) is 0 Å². The molecule has 2 fully saturated rings. The van der Waals surface area contributed by atoms with Crippen LogP contribution in [0, 0.1) is 0 Å². The van der Waals surface area contributed by atoms with Gasteiger partial charge in [-0.25, -0.2) is 0 Å². The van der Waals surface area contributed by atoms with Gasteiger partial charge in [-0.15, -0.1) is 0 Å². The van der Waals surface area contributed by atoms with E-state index in [0.717, 1.165) is 4.90 Å². The molecule has 0 bridgehead atoms. The number of carboxylic acids is 1. The number of aliphatic carboxylic acids is 1. The van der Waals surface area contributed by atoms with E-state index in [1.807, 2.05) is 0 Å². The molecule has 0 aromatic heterocycles. The third kappa shape index (κ3) is 2.13. The minimum absolute atomic E-state index is 0. The maximum absolute atomic E-state index is 11.0. The monoisotopic (exact) mass is 237 g/mol. The first-order chi connectivity index (χ1) is 6.65. The van der Waals surface area contributed by atoms with Crippen molar-refractivity contribution in [1.82, 2.24) is 4.90 Å². The zero-order valence-electron chi connectivity index (χ0n) is 8.17. The van der Waals surface area contributed by atoms with Gasteiger partial charge in [0.2, 0.25) is 5.91 Å². The molecular weight excluding hydrogens is 229 g/mol. The first-order valence-electron chi connectivity index (χ1n) is 4.14. The molecule has 0 aliphatic carbocycles. The fourth-order valence-electron chi connectivity index (χ4n) is 1.65. The number of β-lactam (4-membered cyclic amide) rings is 1. The van der Waals surface area contributed by atoms with Gasteiger partial charge in [-0.2, -0.15) is 0 Å². The van der Waals surface area contributed by atoms with Crippen molar-refractivity contribution in [3.8, 4) is 0 Å². The van der Waals surface area contributed by atoms with Gasteiger partial charge in [0.05, 0.1) is 19.0 Å². The summed E-state index contributed by atoms with van der Waals surface area (Å²) >= 11 is 0. The summed E-state index contributed by atoms with van der Waals surface area (Å²) in [6, 6.07) is -1.17. The quantitative estimate of drug-likeness (QED) is 0.382. The molecule has 2 rings (SSSR count). The molecule has 2 heterocycles. The molecule has 0 aromatic carbocycles. The SMILES string of the molecule is O=C([O-])[C@H]1/C(=C\CO)O[C@@H]2CC(=O)N21.[K+]. The third-order valence-corrected chi connectivity index (χ3v) is 2.28. The van der Waals surface area contributed by atoms with Crippen molar-refractivity contribution in [2.24, 2.45) is 0 Å². The van der Waals surface area contributed by atoms with Crippen LogP contribution in [-0.4, -0.2) is 40.8 Å². The van der Waals surface area contributed by atoms with E-state index in [1.54, 1.807) is 0 Å². The fourth-order valence-corrected chi connectivity index (χ4v) is 1.65. The normalized spacial score (nSPS) is 30.3. The first-order valence-corrected chi connectivity index (χ1v) is 4.14. The Labute approximate surface area is 128 Å². The molecular formula is C8H8KNO5. The second-order valence-electron chi connectivity index (χ2n) is 3.09. The van der Waals surface area contributed by atoms with E-state index in [2.05, 4.69) is 0 Å². The van der Waals surface area contributed by atoms with Crippen molar-refractivity contribution in [2.75, 3.05) is 6.61 Å². The molecule has 0 aromatic rings. The maximum Gasteiger partial charge on any atom is 1.00 e. The minimum Gasteiger partial charge on any atom is -0.547 e. The van der Waals surface area contributed by atoms with Crippen molar-refractivity contribution in [2.45, 2.75) is 18.7 Å². The Hall–Kier alpha value is 0.0764. The summed E-state index contributed by atoms with van der Waals surface area (Å²) in [6.07, 6.45) is 0.918. The predicted octanol–water partition coefficient (Wildman–Crippen LogP) is -5.43. The second-order valence-corrected chi connectivity index (χ2v) is 3.09. The molecule has 0 spiro atoms. The molecule has 7 heteroatoms. The molecule has 2 aliphatic heterocycles. The number of amides is 1. The zero-order chi connectivity index (χ0) is 10.3. The molecule has 2 atom stereocenters. The van der Waals surface area contributed by atoms with Crippen LogP contribution in [-0.2, 0) is 14.3 Å². The number of hydrogen-bond donors (Lipinski definition) is 1. The van der Waals surface area contributed by atoms with Crippen LogP contribution in [0.1, 0.15) is 6.42 Å². The van der Waals surface area contributed by atoms with Crippen LogP contribution >= 0.6 is 0 Å². The van der Waals surface area contributed by atoms with Gasteiger partial charge in [-0.1, -0.05) is 0 Å². The van der Waals surface area contributed by atoms with Crippen LogP contribution in [0.25, 0.3) is 0 Å². The zero-order valence-corrected chi connectivity index (χ0v) is 11.3. The van der Waals surface area contributed by atoms with Crippen LogP contribution in [0.5, 0.6) is 0 Å². The molecule has 76 valence electrons. The van der Waals surface area contributed by atoms with Crippen LogP contribution in [0.2, 0.25) is 0 Å². The van der Waals surface area contributed by atoms with Gasteiger partial charge in [-0.05, 0) is 6.08 Å². The number of fused-ring (bicyclic) bond motifs is 1. The molecule has 0 unspecified atom stereocenters. The van der Waals surface area contributed by atoms with E-state index >= 15 is 0 Å². The molecule has 2 aliphatic rings. The average Bonchev–Trinajstić information content (AvgIpc) is 2.39. The van der Waals surface area contributed by atoms with Gasteiger partial charge >= 0.3 is 51.4 Å². The second kappa shape index (κ2) is 4.94. The summed E-state index contributed by atoms with van der Waals surface area (Å²) in [7, 11) is 0. The Bertz CT molecular complexity index is 329. The number of aliphatic hydroxyl groups excluding tert-OH is 1. The number of ether oxygens (including phenoxy) is 1. The van der Waals surface area contributed by atoms with Crippen molar-refractivity contribution in [3.63, 3.8) is 0 Å². The Kier molecular flexibility index (Phi) is 4.33. The summed E-state index contributed by atoms with van der Waals surface area (Å²) in [6.45, 7) is -0.326. The summed E-state index contributed by atoms with van der Waals surface area (Å²) in [4.78, 5) is 22.9. The van der Waals surface area contributed by atoms with Gasteiger partial charge in [0.15, 0.2) is 6.23 Å². The van der Waals surface area contributed by atoms with Crippen LogP contribution < -0.4 is 56.5 Å². The van der Waals surface area contributed by atoms with Crippen LogP contribution in [0.3, 0.4) is 0 Å². The smallest absolute Gasteiger partial charge is 0.547 e. The van der Waals surface area contributed by atoms with Crippen molar-refractivity contribution >= 4 is 11.9 Å². The number of carbonyl (C=O) groups excluding carboxylic acids is 2. The summed E-state index contributed by atoms with van der Waals surface area (Å²) < 4.78 is 5.13. The molecule has 1 N–H and O–H groups in total. The maximum atomic E-state index is 11.0. The number of aliphatic hydroxyl groups is 1. The van der Waals surface area contributed by atoms with E-state index in [9.17, 15) is 14.7 Å². The summed E-state index contributed by atoms with van der Waals surface area (Å²) in [5.41, 5.74) is 0. The van der Waals surface area contributed by atoms with Gasteiger partial charge in [0, 0.05) is 0 Å². The number of carbonyl (C=O) groups is 2.